The van der Waals surface area contributed by atoms with E-state index in [0.717, 1.165) is 11.4 Å². The molecule has 0 aliphatic carbocycles. The van der Waals surface area contributed by atoms with Gasteiger partial charge in [-0.1, -0.05) is 0 Å². The Hall–Kier alpha value is -2.24. The van der Waals surface area contributed by atoms with E-state index >= 15 is 0 Å². The Morgan fingerprint density at radius 3 is 2.30 bits per heavy atom. The van der Waals surface area contributed by atoms with Gasteiger partial charge in [-0.3, -0.25) is 4.79 Å². The summed E-state index contributed by atoms with van der Waals surface area (Å²) in [5.41, 5.74) is 0.760. The molecule has 1 aliphatic heterocycles. The minimum atomic E-state index is -0.0554. The van der Waals surface area contributed by atoms with Crippen molar-refractivity contribution in [1.82, 2.24) is 10.2 Å². The number of amides is 3. The maximum atomic E-state index is 12.3. The Labute approximate surface area is 137 Å². The highest BCUT2D eigenvalue weighted by Gasteiger charge is 2.27. The van der Waals surface area contributed by atoms with Gasteiger partial charge < -0.3 is 20.3 Å². The van der Waals surface area contributed by atoms with Gasteiger partial charge in [0.25, 0.3) is 0 Å². The van der Waals surface area contributed by atoms with Crippen LogP contribution in [0.1, 0.15) is 26.7 Å². The van der Waals surface area contributed by atoms with E-state index in [9.17, 15) is 9.59 Å². The first-order chi connectivity index (χ1) is 11.0. The van der Waals surface area contributed by atoms with E-state index in [1.807, 2.05) is 38.1 Å². The number of carbonyl (C=O) groups excluding carboxylic acids is 2. The minimum Gasteiger partial charge on any atom is -0.497 e. The molecule has 0 spiro atoms. The second kappa shape index (κ2) is 7.85. The van der Waals surface area contributed by atoms with E-state index < -0.39 is 0 Å². The third kappa shape index (κ3) is 4.87. The average Bonchev–Trinajstić information content (AvgIpc) is 2.55. The quantitative estimate of drug-likeness (QED) is 0.895. The van der Waals surface area contributed by atoms with Crippen molar-refractivity contribution in [2.24, 2.45) is 5.92 Å². The minimum absolute atomic E-state index is 0.0130. The van der Waals surface area contributed by atoms with Gasteiger partial charge in [-0.2, -0.15) is 0 Å². The summed E-state index contributed by atoms with van der Waals surface area (Å²) < 4.78 is 5.10. The van der Waals surface area contributed by atoms with Gasteiger partial charge in [0, 0.05) is 30.7 Å². The lowest BCUT2D eigenvalue weighted by molar-refractivity contribution is -0.121. The number of ether oxygens (including phenoxy) is 1. The Kier molecular flexibility index (Phi) is 5.84. The normalized spacial score (nSPS) is 15.4. The zero-order valence-corrected chi connectivity index (χ0v) is 14.0. The molecule has 1 aromatic rings. The predicted molar refractivity (Wildman–Crippen MR) is 89.6 cm³/mol. The van der Waals surface area contributed by atoms with E-state index in [0.29, 0.717) is 25.9 Å². The molecule has 2 N–H and O–H groups in total. The lowest BCUT2D eigenvalue weighted by atomic mass is 9.96. The molecule has 0 aromatic heterocycles. The number of nitrogens with zero attached hydrogens (tertiary/aromatic N) is 1. The summed E-state index contributed by atoms with van der Waals surface area (Å²) in [7, 11) is 1.61. The summed E-state index contributed by atoms with van der Waals surface area (Å²) in [6.45, 7) is 5.10. The van der Waals surface area contributed by atoms with Gasteiger partial charge in [0.15, 0.2) is 0 Å². The van der Waals surface area contributed by atoms with E-state index in [1.165, 1.54) is 0 Å². The summed E-state index contributed by atoms with van der Waals surface area (Å²) >= 11 is 0. The molecular formula is C17H25N3O3. The van der Waals surface area contributed by atoms with Gasteiger partial charge in [0.1, 0.15) is 5.75 Å². The summed E-state index contributed by atoms with van der Waals surface area (Å²) in [6, 6.07) is 7.35. The molecule has 1 saturated heterocycles. The number of urea groups is 1. The van der Waals surface area contributed by atoms with Crippen LogP contribution in [0.2, 0.25) is 0 Å². The van der Waals surface area contributed by atoms with Gasteiger partial charge >= 0.3 is 6.03 Å². The van der Waals surface area contributed by atoms with Gasteiger partial charge in [0.2, 0.25) is 5.91 Å². The van der Waals surface area contributed by atoms with Crippen LogP contribution in [0.4, 0.5) is 10.5 Å². The maximum absolute atomic E-state index is 12.3. The highest BCUT2D eigenvalue weighted by atomic mass is 16.5. The summed E-state index contributed by atoms with van der Waals surface area (Å²) in [4.78, 5) is 26.0. The SMILES string of the molecule is COc1ccc(NC(=O)C2CCN(C(=O)NC(C)C)CC2)cc1. The van der Waals surface area contributed by atoms with Crippen LogP contribution in [0.5, 0.6) is 5.75 Å². The highest BCUT2D eigenvalue weighted by molar-refractivity contribution is 5.92. The largest absolute Gasteiger partial charge is 0.497 e. The smallest absolute Gasteiger partial charge is 0.317 e. The lowest BCUT2D eigenvalue weighted by Crippen LogP contribution is -2.47. The van der Waals surface area contributed by atoms with Crippen LogP contribution in [0.3, 0.4) is 0 Å². The Bertz CT molecular complexity index is 535. The lowest BCUT2D eigenvalue weighted by Gasteiger charge is -2.31. The van der Waals surface area contributed by atoms with Crippen molar-refractivity contribution in [3.63, 3.8) is 0 Å². The molecule has 0 atom stereocenters. The molecule has 0 unspecified atom stereocenters. The number of rotatable bonds is 4. The molecule has 0 bridgehead atoms. The van der Waals surface area contributed by atoms with Gasteiger partial charge in [-0.15, -0.1) is 0 Å². The molecule has 126 valence electrons. The predicted octanol–water partition coefficient (Wildman–Crippen LogP) is 2.46. The molecule has 1 aliphatic rings. The number of hydrogen-bond donors (Lipinski definition) is 2. The molecular weight excluding hydrogens is 294 g/mol. The van der Waals surface area contributed by atoms with E-state index in [-0.39, 0.29) is 23.9 Å². The molecule has 1 heterocycles. The molecule has 1 fully saturated rings. The summed E-state index contributed by atoms with van der Waals surface area (Å²) in [5.74, 6) is 0.715. The molecule has 1 aromatic carbocycles. The van der Waals surface area contributed by atoms with Crippen molar-refractivity contribution in [3.05, 3.63) is 24.3 Å². The van der Waals surface area contributed by atoms with Crippen molar-refractivity contribution >= 4 is 17.6 Å². The van der Waals surface area contributed by atoms with E-state index in [4.69, 9.17) is 4.74 Å². The monoisotopic (exact) mass is 319 g/mol. The number of anilines is 1. The molecule has 2 rings (SSSR count). The number of benzene rings is 1. The summed E-state index contributed by atoms with van der Waals surface area (Å²) in [5, 5.41) is 5.81. The van der Waals surface area contributed by atoms with Crippen molar-refractivity contribution < 1.29 is 14.3 Å². The zero-order valence-electron chi connectivity index (χ0n) is 14.0. The molecule has 6 nitrogen and oxygen atoms in total. The first-order valence-corrected chi connectivity index (χ1v) is 8.00. The van der Waals surface area contributed by atoms with Gasteiger partial charge in [0.05, 0.1) is 7.11 Å². The number of carbonyl (C=O) groups is 2. The Morgan fingerprint density at radius 2 is 1.78 bits per heavy atom. The van der Waals surface area contributed by atoms with Crippen molar-refractivity contribution in [3.8, 4) is 5.75 Å². The van der Waals surface area contributed by atoms with Crippen molar-refractivity contribution in [2.75, 3.05) is 25.5 Å². The number of likely N-dealkylation sites (tertiary alicyclic amines) is 1. The Morgan fingerprint density at radius 1 is 1.17 bits per heavy atom. The first kappa shape index (κ1) is 17.1. The molecule has 0 saturated carbocycles. The van der Waals surface area contributed by atoms with Crippen molar-refractivity contribution in [1.29, 1.82) is 0 Å². The second-order valence-electron chi connectivity index (χ2n) is 6.08. The highest BCUT2D eigenvalue weighted by Crippen LogP contribution is 2.21. The fourth-order valence-electron chi connectivity index (χ4n) is 2.60. The Balaban J connectivity index is 1.82. The van der Waals surface area contributed by atoms with Crippen molar-refractivity contribution in [2.45, 2.75) is 32.7 Å². The van der Waals surface area contributed by atoms with Crippen LogP contribution < -0.4 is 15.4 Å². The topological polar surface area (TPSA) is 70.7 Å². The molecule has 3 amide bonds. The fourth-order valence-corrected chi connectivity index (χ4v) is 2.60. The maximum Gasteiger partial charge on any atom is 0.317 e. The van der Waals surface area contributed by atoms with Crippen LogP contribution >= 0.6 is 0 Å². The van der Waals surface area contributed by atoms with Gasteiger partial charge in [-0.25, -0.2) is 4.79 Å². The molecule has 23 heavy (non-hydrogen) atoms. The number of piperidine rings is 1. The zero-order chi connectivity index (χ0) is 16.8. The first-order valence-electron chi connectivity index (χ1n) is 8.00. The third-order valence-corrected chi connectivity index (χ3v) is 3.92. The number of nitrogens with one attached hydrogen (secondary N) is 2. The van der Waals surface area contributed by atoms with E-state index in [2.05, 4.69) is 10.6 Å². The van der Waals surface area contributed by atoms with Crippen LogP contribution in [0.25, 0.3) is 0 Å². The number of methoxy groups -OCH3 is 1. The van der Waals surface area contributed by atoms with E-state index in [1.54, 1.807) is 12.0 Å². The standard InChI is InChI=1S/C17H25N3O3/c1-12(2)18-17(22)20-10-8-13(9-11-20)16(21)19-14-4-6-15(23-3)7-5-14/h4-7,12-13H,8-11H2,1-3H3,(H,18,22)(H,19,21). The van der Waals surface area contributed by atoms with Crippen LogP contribution in [0.15, 0.2) is 24.3 Å². The summed E-state index contributed by atoms with van der Waals surface area (Å²) in [6.07, 6.45) is 1.38. The van der Waals surface area contributed by atoms with Crippen LogP contribution in [-0.4, -0.2) is 43.1 Å². The van der Waals surface area contributed by atoms with Crippen LogP contribution in [-0.2, 0) is 4.79 Å². The number of hydrogen-bond acceptors (Lipinski definition) is 3. The molecule has 0 radical (unpaired) electrons. The fraction of sp³-hybridized carbons (Fsp3) is 0.529. The third-order valence-electron chi connectivity index (χ3n) is 3.92. The average molecular weight is 319 g/mol. The molecule has 6 heteroatoms. The second-order valence-corrected chi connectivity index (χ2v) is 6.08. The van der Waals surface area contributed by atoms with Crippen LogP contribution in [0, 0.1) is 5.92 Å². The van der Waals surface area contributed by atoms with Gasteiger partial charge in [-0.05, 0) is 51.0 Å².